The average molecular weight is 566 g/mol. The summed E-state index contributed by atoms with van der Waals surface area (Å²) in [6.45, 7) is 0.313. The summed E-state index contributed by atoms with van der Waals surface area (Å²) in [6, 6.07) is 26.2. The zero-order valence-corrected chi connectivity index (χ0v) is 21.7. The molecule has 0 saturated carbocycles. The van der Waals surface area contributed by atoms with Gasteiger partial charge in [0.25, 0.3) is 0 Å². The maximum Gasteiger partial charge on any atom is 0.416 e. The molecule has 0 aliphatic carbocycles. The Morgan fingerprint density at radius 1 is 0.744 bits per heavy atom. The molecular weight excluding hydrogens is 546 g/mol. The molecule has 2 N–H and O–H groups in total. The molecule has 0 aliphatic rings. The summed E-state index contributed by atoms with van der Waals surface area (Å²) >= 11 is 12.3. The van der Waals surface area contributed by atoms with Crippen molar-refractivity contribution in [3.05, 3.63) is 124 Å². The van der Waals surface area contributed by atoms with Crippen LogP contribution in [0.15, 0.2) is 97.1 Å². The highest BCUT2D eigenvalue weighted by atomic mass is 35.5. The minimum atomic E-state index is -4.46. The molecule has 1 aromatic heterocycles. The van der Waals surface area contributed by atoms with E-state index in [-0.39, 0.29) is 0 Å². The van der Waals surface area contributed by atoms with E-state index in [1.54, 1.807) is 48.5 Å². The molecule has 0 radical (unpaired) electrons. The monoisotopic (exact) mass is 565 g/mol. The van der Waals surface area contributed by atoms with Crippen LogP contribution < -0.4 is 5.73 Å². The first-order chi connectivity index (χ1) is 18.6. The van der Waals surface area contributed by atoms with Gasteiger partial charge in [0.15, 0.2) is 0 Å². The normalized spacial score (nSPS) is 11.5. The molecular formula is C30H20Cl2F3N3O. The van der Waals surface area contributed by atoms with Crippen LogP contribution in [0.1, 0.15) is 21.5 Å². The van der Waals surface area contributed by atoms with E-state index in [0.717, 1.165) is 34.5 Å². The Bertz CT molecular complexity index is 1630. The molecule has 0 aliphatic heterocycles. The summed E-state index contributed by atoms with van der Waals surface area (Å²) in [5.41, 5.74) is 9.31. The molecule has 9 heteroatoms. The molecule has 196 valence electrons. The maximum absolute atomic E-state index is 13.3. The number of primary amides is 1. The lowest BCUT2D eigenvalue weighted by atomic mass is 10.0. The van der Waals surface area contributed by atoms with Gasteiger partial charge in [-0.3, -0.25) is 4.79 Å². The number of amides is 1. The lowest BCUT2D eigenvalue weighted by Gasteiger charge is -2.15. The van der Waals surface area contributed by atoms with E-state index in [0.29, 0.717) is 39.2 Å². The van der Waals surface area contributed by atoms with E-state index >= 15 is 0 Å². The van der Waals surface area contributed by atoms with Gasteiger partial charge >= 0.3 is 6.18 Å². The lowest BCUT2D eigenvalue weighted by molar-refractivity contribution is -0.137. The number of rotatable bonds is 6. The zero-order chi connectivity index (χ0) is 27.7. The Morgan fingerprint density at radius 2 is 1.26 bits per heavy atom. The first-order valence-corrected chi connectivity index (χ1v) is 12.5. The molecule has 1 amide bonds. The van der Waals surface area contributed by atoms with Crippen LogP contribution in [0.2, 0.25) is 10.0 Å². The summed E-state index contributed by atoms with van der Waals surface area (Å²) in [5.74, 6) is -0.0703. The van der Waals surface area contributed by atoms with Crippen molar-refractivity contribution in [2.75, 3.05) is 0 Å². The highest BCUT2D eigenvalue weighted by molar-refractivity contribution is 6.31. The molecule has 0 spiro atoms. The largest absolute Gasteiger partial charge is 0.416 e. The number of halogens is 5. The molecule has 39 heavy (non-hydrogen) atoms. The molecule has 4 aromatic carbocycles. The van der Waals surface area contributed by atoms with Gasteiger partial charge < -0.3 is 10.3 Å². The van der Waals surface area contributed by atoms with Crippen LogP contribution in [0.3, 0.4) is 0 Å². The molecule has 0 bridgehead atoms. The van der Waals surface area contributed by atoms with Crippen molar-refractivity contribution in [3.8, 4) is 33.9 Å². The van der Waals surface area contributed by atoms with Crippen molar-refractivity contribution in [2.24, 2.45) is 5.73 Å². The summed E-state index contributed by atoms with van der Waals surface area (Å²) < 4.78 is 41.8. The van der Waals surface area contributed by atoms with Gasteiger partial charge in [0.2, 0.25) is 5.91 Å². The Hall–Kier alpha value is -4.07. The third-order valence-corrected chi connectivity index (χ3v) is 6.76. The van der Waals surface area contributed by atoms with Crippen LogP contribution in [0.5, 0.6) is 0 Å². The van der Waals surface area contributed by atoms with Crippen molar-refractivity contribution < 1.29 is 18.0 Å². The first kappa shape index (κ1) is 26.5. The first-order valence-electron chi connectivity index (χ1n) is 11.8. The number of nitrogens with two attached hydrogens (primary N) is 1. The van der Waals surface area contributed by atoms with Gasteiger partial charge in [-0.2, -0.15) is 13.2 Å². The topological polar surface area (TPSA) is 60.9 Å². The molecule has 5 aromatic rings. The van der Waals surface area contributed by atoms with Gasteiger partial charge in [-0.25, -0.2) is 4.98 Å². The van der Waals surface area contributed by atoms with Crippen molar-refractivity contribution >= 4 is 29.1 Å². The van der Waals surface area contributed by atoms with Crippen LogP contribution in [-0.4, -0.2) is 15.5 Å². The van der Waals surface area contributed by atoms with Crippen molar-refractivity contribution in [1.82, 2.24) is 9.55 Å². The number of hydrogen-bond donors (Lipinski definition) is 1. The van der Waals surface area contributed by atoms with Crippen molar-refractivity contribution in [3.63, 3.8) is 0 Å². The second-order valence-corrected chi connectivity index (χ2v) is 9.74. The van der Waals surface area contributed by atoms with Gasteiger partial charge in [0.05, 0.1) is 17.0 Å². The smallest absolute Gasteiger partial charge is 0.366 e. The molecule has 0 saturated heterocycles. The fourth-order valence-electron chi connectivity index (χ4n) is 4.30. The number of aromatic nitrogens is 2. The molecule has 0 fully saturated rings. The van der Waals surface area contributed by atoms with Gasteiger partial charge in [0.1, 0.15) is 5.82 Å². The zero-order valence-electron chi connectivity index (χ0n) is 20.2. The predicted molar refractivity (Wildman–Crippen MR) is 148 cm³/mol. The third-order valence-electron chi connectivity index (χ3n) is 6.25. The fraction of sp³-hybridized carbons (Fsp3) is 0.0667. The van der Waals surface area contributed by atoms with E-state index in [1.807, 2.05) is 28.8 Å². The number of hydrogen-bond acceptors (Lipinski definition) is 2. The minimum Gasteiger partial charge on any atom is -0.366 e. The van der Waals surface area contributed by atoms with Crippen LogP contribution in [0.25, 0.3) is 33.9 Å². The number of carbonyl (C=O) groups excluding carboxylic acids is 1. The van der Waals surface area contributed by atoms with Crippen LogP contribution in [0.4, 0.5) is 13.2 Å². The number of imidazole rings is 1. The van der Waals surface area contributed by atoms with Gasteiger partial charge in [-0.1, -0.05) is 71.7 Å². The summed E-state index contributed by atoms with van der Waals surface area (Å²) in [7, 11) is 0. The Balaban J connectivity index is 1.74. The second-order valence-electron chi connectivity index (χ2n) is 8.87. The third kappa shape index (κ3) is 5.70. The molecule has 4 nitrogen and oxygen atoms in total. The Labute approximate surface area is 232 Å². The van der Waals surface area contributed by atoms with Crippen LogP contribution >= 0.6 is 23.2 Å². The van der Waals surface area contributed by atoms with E-state index in [1.165, 1.54) is 12.1 Å². The molecule has 5 rings (SSSR count). The van der Waals surface area contributed by atoms with E-state index in [9.17, 15) is 18.0 Å². The lowest BCUT2D eigenvalue weighted by Crippen LogP contribution is -2.11. The summed E-state index contributed by atoms with van der Waals surface area (Å²) in [5, 5.41) is 1.12. The SMILES string of the molecule is NC(=O)c1ccc(Cn2c(-c3ccc(C(F)(F)F)cc3)nc(-c3ccc(Cl)cc3)c2-c2ccc(Cl)cc2)cc1. The molecule has 0 unspecified atom stereocenters. The van der Waals surface area contributed by atoms with Crippen LogP contribution in [0, 0.1) is 0 Å². The number of alkyl halides is 3. The van der Waals surface area contributed by atoms with Crippen molar-refractivity contribution in [2.45, 2.75) is 12.7 Å². The number of nitrogens with zero attached hydrogens (tertiary/aromatic N) is 2. The minimum absolute atomic E-state index is 0.313. The number of benzene rings is 4. The Kier molecular flexibility index (Phi) is 7.21. The summed E-state index contributed by atoms with van der Waals surface area (Å²) in [6.07, 6.45) is -4.46. The van der Waals surface area contributed by atoms with Crippen LogP contribution in [-0.2, 0) is 12.7 Å². The predicted octanol–water partition coefficient (Wildman–Crippen LogP) is 8.36. The quantitative estimate of drug-likeness (QED) is 0.225. The standard InChI is InChI=1S/C30H20Cl2F3N3O/c31-24-13-7-19(8-14-24)26-27(20-9-15-25(32)16-10-20)38(17-18-1-3-21(4-2-18)28(36)39)29(37-26)22-5-11-23(12-6-22)30(33,34)35/h1-16H,17H2,(H2,36,39). The van der Waals surface area contributed by atoms with Crippen molar-refractivity contribution in [1.29, 1.82) is 0 Å². The average Bonchev–Trinajstić information content (AvgIpc) is 3.28. The molecule has 1 heterocycles. The Morgan fingerprint density at radius 3 is 1.77 bits per heavy atom. The van der Waals surface area contributed by atoms with Gasteiger partial charge in [0, 0.05) is 38.8 Å². The number of carbonyl (C=O) groups is 1. The summed E-state index contributed by atoms with van der Waals surface area (Å²) in [4.78, 5) is 16.5. The van der Waals surface area contributed by atoms with E-state index in [2.05, 4.69) is 0 Å². The van der Waals surface area contributed by atoms with E-state index < -0.39 is 17.6 Å². The van der Waals surface area contributed by atoms with E-state index in [4.69, 9.17) is 33.9 Å². The fourth-order valence-corrected chi connectivity index (χ4v) is 4.55. The van der Waals surface area contributed by atoms with Gasteiger partial charge in [-0.15, -0.1) is 0 Å². The second kappa shape index (κ2) is 10.6. The molecule has 0 atom stereocenters. The highest BCUT2D eigenvalue weighted by Crippen LogP contribution is 2.38. The highest BCUT2D eigenvalue weighted by Gasteiger charge is 2.30. The van der Waals surface area contributed by atoms with Gasteiger partial charge in [-0.05, 0) is 54.1 Å². The maximum atomic E-state index is 13.3.